The zero-order valence-electron chi connectivity index (χ0n) is 23.7. The molecule has 0 amide bonds. The second kappa shape index (κ2) is 12.4. The zero-order valence-corrected chi connectivity index (χ0v) is 23.7. The van der Waals surface area contributed by atoms with E-state index in [1.54, 1.807) is 20.8 Å². The first-order chi connectivity index (χ1) is 16.4. The Balaban J connectivity index is 2.33. The van der Waals surface area contributed by atoms with E-state index >= 15 is 0 Å². The van der Waals surface area contributed by atoms with Crippen LogP contribution in [0, 0.1) is 23.7 Å². The summed E-state index contributed by atoms with van der Waals surface area (Å²) in [5.74, 6) is -1.41. The van der Waals surface area contributed by atoms with Crippen molar-refractivity contribution in [1.82, 2.24) is 4.90 Å². The predicted octanol–water partition coefficient (Wildman–Crippen LogP) is 1.93. The number of aliphatic hydroxyl groups is 4. The molecular weight excluding hydrogens is 466 g/mol. The molecule has 0 saturated carbocycles. The zero-order chi connectivity index (χ0) is 27.6. The third-order valence-corrected chi connectivity index (χ3v) is 8.17. The van der Waals surface area contributed by atoms with Crippen LogP contribution in [-0.2, 0) is 19.0 Å². The van der Waals surface area contributed by atoms with Gasteiger partial charge in [-0.2, -0.15) is 0 Å². The van der Waals surface area contributed by atoms with Gasteiger partial charge in [0.25, 0.3) is 0 Å². The largest absolute Gasteiger partial charge is 0.462 e. The number of hydrogen-bond donors (Lipinski definition) is 4. The van der Waals surface area contributed by atoms with Crippen LogP contribution >= 0.6 is 0 Å². The van der Waals surface area contributed by atoms with E-state index in [0.29, 0.717) is 25.8 Å². The molecule has 2 rings (SSSR count). The first kappa shape index (κ1) is 31.4. The lowest BCUT2D eigenvalue weighted by molar-refractivity contribution is -0.261. The normalized spacial score (nSPS) is 49.1. The summed E-state index contributed by atoms with van der Waals surface area (Å²) in [5, 5.41) is 43.4. The average Bonchev–Trinajstić information content (AvgIpc) is 2.76. The van der Waals surface area contributed by atoms with Crippen molar-refractivity contribution in [1.29, 1.82) is 0 Å². The lowest BCUT2D eigenvalue weighted by Gasteiger charge is -2.41. The van der Waals surface area contributed by atoms with Gasteiger partial charge in [0.05, 0.1) is 29.8 Å². The molecule has 0 aliphatic carbocycles. The quantitative estimate of drug-likeness (QED) is 0.406. The third kappa shape index (κ3) is 8.09. The molecule has 9 heteroatoms. The van der Waals surface area contributed by atoms with Crippen molar-refractivity contribution in [2.45, 2.75) is 123 Å². The molecule has 2 aliphatic rings. The molecule has 12 atom stereocenters. The van der Waals surface area contributed by atoms with E-state index < -0.39 is 59.8 Å². The Labute approximate surface area is 217 Å². The highest BCUT2D eigenvalue weighted by Crippen LogP contribution is 2.34. The summed E-state index contributed by atoms with van der Waals surface area (Å²) in [7, 11) is 1.87. The van der Waals surface area contributed by atoms with Crippen molar-refractivity contribution >= 4 is 5.97 Å². The van der Waals surface area contributed by atoms with Gasteiger partial charge in [0.2, 0.25) is 0 Å². The van der Waals surface area contributed by atoms with Gasteiger partial charge in [0.1, 0.15) is 18.3 Å². The van der Waals surface area contributed by atoms with Crippen LogP contribution in [-0.4, -0.2) is 99.4 Å². The minimum atomic E-state index is -1.65. The van der Waals surface area contributed by atoms with Crippen LogP contribution < -0.4 is 0 Å². The Bertz CT molecular complexity index is 704. The van der Waals surface area contributed by atoms with Crippen LogP contribution in [0.15, 0.2) is 0 Å². The number of ether oxygens (including phenoxy) is 3. The maximum absolute atomic E-state index is 13.1. The number of rotatable bonds is 2. The number of hydrogen-bond acceptors (Lipinski definition) is 9. The number of nitrogens with zero attached hydrogens (tertiary/aromatic N) is 1. The summed E-state index contributed by atoms with van der Waals surface area (Å²) in [6.07, 6.45) is -1.97. The van der Waals surface area contributed by atoms with Gasteiger partial charge in [-0.1, -0.05) is 20.8 Å². The van der Waals surface area contributed by atoms with E-state index in [4.69, 9.17) is 14.2 Å². The smallest absolute Gasteiger partial charge is 0.311 e. The summed E-state index contributed by atoms with van der Waals surface area (Å²) in [6, 6.07) is -0.397. The van der Waals surface area contributed by atoms with E-state index in [1.807, 2.05) is 32.7 Å². The first-order valence-corrected chi connectivity index (χ1v) is 13.4. The Morgan fingerprint density at radius 1 is 1.00 bits per heavy atom. The highest BCUT2D eigenvalue weighted by atomic mass is 16.7. The molecule has 2 fully saturated rings. The fraction of sp³-hybridized carbons (Fsp3) is 0.963. The predicted molar refractivity (Wildman–Crippen MR) is 136 cm³/mol. The van der Waals surface area contributed by atoms with Crippen molar-refractivity contribution in [3.05, 3.63) is 0 Å². The van der Waals surface area contributed by atoms with Gasteiger partial charge < -0.3 is 39.5 Å². The second-order valence-electron chi connectivity index (χ2n) is 12.4. The van der Waals surface area contributed by atoms with Gasteiger partial charge in [-0.05, 0) is 72.3 Å². The van der Waals surface area contributed by atoms with Crippen molar-refractivity contribution in [3.63, 3.8) is 0 Å². The molecule has 6 unspecified atom stereocenters. The molecule has 0 spiro atoms. The van der Waals surface area contributed by atoms with Crippen LogP contribution in [0.1, 0.15) is 74.7 Å². The summed E-state index contributed by atoms with van der Waals surface area (Å²) >= 11 is 0. The van der Waals surface area contributed by atoms with Crippen LogP contribution in [0.25, 0.3) is 0 Å². The van der Waals surface area contributed by atoms with Gasteiger partial charge in [-0.3, -0.25) is 4.79 Å². The van der Waals surface area contributed by atoms with Crippen LogP contribution in [0.2, 0.25) is 0 Å². The minimum absolute atomic E-state index is 0.0295. The maximum Gasteiger partial charge on any atom is 0.311 e. The lowest BCUT2D eigenvalue weighted by Crippen LogP contribution is -2.55. The molecule has 36 heavy (non-hydrogen) atoms. The first-order valence-electron chi connectivity index (χ1n) is 13.4. The Kier molecular flexibility index (Phi) is 10.8. The fourth-order valence-electron chi connectivity index (χ4n) is 5.98. The van der Waals surface area contributed by atoms with Crippen molar-refractivity contribution in [2.75, 3.05) is 20.2 Å². The number of carbonyl (C=O) groups excluding carboxylic acids is 1. The van der Waals surface area contributed by atoms with Gasteiger partial charge in [0.15, 0.2) is 6.29 Å². The molecule has 0 aromatic heterocycles. The number of esters is 1. The molecule has 0 radical (unpaired) electrons. The molecule has 2 heterocycles. The molecule has 0 bridgehead atoms. The third-order valence-electron chi connectivity index (χ3n) is 8.17. The highest BCUT2D eigenvalue weighted by Gasteiger charge is 2.43. The average molecular weight is 518 g/mol. The Morgan fingerprint density at radius 3 is 2.19 bits per heavy atom. The number of cyclic esters (lactones) is 1. The standard InChI is InChI=1S/C27H51NO8/c1-15-11-26(7,32)12-17(3)23(36-21-10-16(2)22(29)20(6)35-21)18(4)25(31)34-14-27(8,33)24(30)19(5)28(9)13-15/h15-24,29-30,32-33H,10-14H2,1-9H3/t15-,16?,17?,18?,19?,20-,21+,22?,23+,24+,26?,27+/m0/s1. The molecule has 4 N–H and O–H groups in total. The van der Waals surface area contributed by atoms with Gasteiger partial charge in [-0.15, -0.1) is 0 Å². The SMILES string of the molecule is CC1C[C@@H](O[C@@H]2C(C)CC(C)(O)C[C@H](C)CN(C)C(C)[C@@H](O)[C@](C)(O)COC(=O)C2C)O[C@@H](C)C1O. The number of carbonyl (C=O) groups is 1. The van der Waals surface area contributed by atoms with E-state index in [2.05, 4.69) is 6.92 Å². The summed E-state index contributed by atoms with van der Waals surface area (Å²) in [4.78, 5) is 15.1. The summed E-state index contributed by atoms with van der Waals surface area (Å²) in [5.41, 5.74) is -2.66. The summed E-state index contributed by atoms with van der Waals surface area (Å²) < 4.78 is 17.8. The number of likely N-dealkylation sites (N-methyl/N-ethyl adjacent to an activating group) is 1. The van der Waals surface area contributed by atoms with Crippen molar-refractivity contribution in [3.8, 4) is 0 Å². The fourth-order valence-corrected chi connectivity index (χ4v) is 5.98. The Hall–Kier alpha value is -0.810. The molecule has 0 aromatic rings. The van der Waals surface area contributed by atoms with Crippen LogP contribution in [0.3, 0.4) is 0 Å². The maximum atomic E-state index is 13.1. The number of aliphatic hydroxyl groups excluding tert-OH is 2. The molecular formula is C27H51NO8. The topological polar surface area (TPSA) is 129 Å². The van der Waals surface area contributed by atoms with Crippen molar-refractivity contribution < 1.29 is 39.4 Å². The molecule has 2 aliphatic heterocycles. The molecule has 0 aromatic carbocycles. The highest BCUT2D eigenvalue weighted by molar-refractivity contribution is 5.72. The Morgan fingerprint density at radius 2 is 1.61 bits per heavy atom. The molecule has 212 valence electrons. The van der Waals surface area contributed by atoms with Gasteiger partial charge in [-0.25, -0.2) is 0 Å². The summed E-state index contributed by atoms with van der Waals surface area (Å²) in [6.45, 7) is 14.8. The second-order valence-corrected chi connectivity index (χ2v) is 12.4. The monoisotopic (exact) mass is 517 g/mol. The van der Waals surface area contributed by atoms with E-state index in [-0.39, 0.29) is 24.4 Å². The van der Waals surface area contributed by atoms with Crippen LogP contribution in [0.5, 0.6) is 0 Å². The van der Waals surface area contributed by atoms with E-state index in [1.165, 1.54) is 6.92 Å². The van der Waals surface area contributed by atoms with E-state index in [9.17, 15) is 25.2 Å². The van der Waals surface area contributed by atoms with Gasteiger partial charge in [0, 0.05) is 19.0 Å². The van der Waals surface area contributed by atoms with E-state index in [0.717, 1.165) is 0 Å². The lowest BCUT2D eigenvalue weighted by atomic mass is 9.80. The minimum Gasteiger partial charge on any atom is -0.462 e. The molecule has 2 saturated heterocycles. The van der Waals surface area contributed by atoms with Gasteiger partial charge >= 0.3 is 5.97 Å². The molecule has 9 nitrogen and oxygen atoms in total. The van der Waals surface area contributed by atoms with Crippen LogP contribution in [0.4, 0.5) is 0 Å². The van der Waals surface area contributed by atoms with Crippen molar-refractivity contribution in [2.24, 2.45) is 23.7 Å².